The van der Waals surface area contributed by atoms with Crippen LogP contribution in [0.2, 0.25) is 5.02 Å². The number of primary amides is 1. The molecule has 0 radical (unpaired) electrons. The third-order valence-corrected chi connectivity index (χ3v) is 6.99. The topological polar surface area (TPSA) is 182 Å². The number of aliphatic hydroxyl groups excluding tert-OH is 3. The van der Waals surface area contributed by atoms with Crippen molar-refractivity contribution in [2.75, 3.05) is 14.1 Å². The number of carbonyl (C=O) groups excluding carboxylic acids is 3. The SMILES string of the molecule is C=C1c2c(Cl)ccc(O)c2C(O)=C2C(=O)[C@]3(O)C(O)=C(C(N)=O)C(=O)[C@H](N(C)C)[C@@H]3[C@@H](O)[C@@H]12. The minimum absolute atomic E-state index is 0.0516. The molecular weight excluding hydrogens is 456 g/mol. The summed E-state index contributed by atoms with van der Waals surface area (Å²) in [6.07, 6.45) is -1.75. The first-order valence-corrected chi connectivity index (χ1v) is 10.2. The Hall–Kier alpha value is -3.18. The lowest BCUT2D eigenvalue weighted by Gasteiger charge is -2.52. The number of Topliss-reactive ketones (excluding diaryl/α,β-unsaturated/α-hetero) is 2. The van der Waals surface area contributed by atoms with Crippen molar-refractivity contribution in [1.29, 1.82) is 0 Å². The lowest BCUT2D eigenvalue weighted by Crippen LogP contribution is -2.70. The number of ketones is 2. The highest BCUT2D eigenvalue weighted by Crippen LogP contribution is 2.56. The zero-order chi connectivity index (χ0) is 24.7. The third kappa shape index (κ3) is 2.69. The van der Waals surface area contributed by atoms with Gasteiger partial charge in [0.05, 0.1) is 29.2 Å². The maximum Gasteiger partial charge on any atom is 0.255 e. The highest BCUT2D eigenvalue weighted by molar-refractivity contribution is 6.33. The molecule has 0 aliphatic heterocycles. The number of rotatable bonds is 2. The number of hydrogen-bond donors (Lipinski definition) is 6. The first-order chi connectivity index (χ1) is 15.3. The molecule has 1 saturated carbocycles. The molecule has 3 aliphatic rings. The van der Waals surface area contributed by atoms with Crippen LogP contribution in [0.5, 0.6) is 5.75 Å². The second-order valence-electron chi connectivity index (χ2n) is 8.55. The maximum atomic E-state index is 13.7. The molecule has 0 spiro atoms. The summed E-state index contributed by atoms with van der Waals surface area (Å²) < 4.78 is 0. The smallest absolute Gasteiger partial charge is 0.255 e. The van der Waals surface area contributed by atoms with Crippen LogP contribution in [0.1, 0.15) is 11.1 Å². The fourth-order valence-electron chi connectivity index (χ4n) is 5.26. The van der Waals surface area contributed by atoms with E-state index in [0.29, 0.717) is 0 Å². The van der Waals surface area contributed by atoms with E-state index in [1.165, 1.54) is 31.1 Å². The van der Waals surface area contributed by atoms with Crippen LogP contribution in [-0.4, -0.2) is 79.7 Å². The van der Waals surface area contributed by atoms with Crippen molar-refractivity contribution in [2.24, 2.45) is 17.6 Å². The number of nitrogens with two attached hydrogens (primary N) is 1. The molecule has 1 aromatic carbocycles. The van der Waals surface area contributed by atoms with E-state index >= 15 is 0 Å². The molecule has 0 saturated heterocycles. The molecule has 1 amide bonds. The highest BCUT2D eigenvalue weighted by atomic mass is 35.5. The summed E-state index contributed by atoms with van der Waals surface area (Å²) in [5.41, 5.74) is 0.634. The van der Waals surface area contributed by atoms with Gasteiger partial charge in [0.25, 0.3) is 5.91 Å². The molecule has 0 unspecified atom stereocenters. The number of benzene rings is 1. The predicted octanol–water partition coefficient (Wildman–Crippen LogP) is 0.0589. The van der Waals surface area contributed by atoms with Crippen LogP contribution in [0.25, 0.3) is 11.3 Å². The molecule has 0 bridgehead atoms. The second kappa shape index (κ2) is 7.16. The number of nitrogens with zero attached hydrogens (tertiary/aromatic N) is 1. The normalized spacial score (nSPS) is 31.5. The van der Waals surface area contributed by atoms with Crippen molar-refractivity contribution >= 4 is 40.4 Å². The maximum absolute atomic E-state index is 13.7. The molecule has 1 aromatic rings. The molecular formula is C22H21ClN2O8. The zero-order valence-electron chi connectivity index (χ0n) is 17.5. The number of carbonyl (C=O) groups is 3. The number of phenols is 1. The molecule has 3 aliphatic carbocycles. The fraction of sp³-hybridized carbons (Fsp3) is 0.318. The molecule has 33 heavy (non-hydrogen) atoms. The van der Waals surface area contributed by atoms with E-state index in [-0.39, 0.29) is 21.7 Å². The Morgan fingerprint density at radius 3 is 2.33 bits per heavy atom. The number of halogens is 1. The summed E-state index contributed by atoms with van der Waals surface area (Å²) in [5, 5.41) is 55.0. The molecule has 0 aromatic heterocycles. The summed E-state index contributed by atoms with van der Waals surface area (Å²) in [4.78, 5) is 39.9. The number of aromatic hydroxyl groups is 1. The van der Waals surface area contributed by atoms with E-state index in [0.717, 1.165) is 0 Å². The Balaban J connectivity index is 2.10. The molecule has 5 atom stereocenters. The number of hydrogen-bond acceptors (Lipinski definition) is 9. The Labute approximate surface area is 192 Å². The molecule has 10 nitrogen and oxygen atoms in total. The van der Waals surface area contributed by atoms with Gasteiger partial charge in [-0.1, -0.05) is 18.2 Å². The van der Waals surface area contributed by atoms with Gasteiger partial charge in [-0.15, -0.1) is 0 Å². The predicted molar refractivity (Wildman–Crippen MR) is 116 cm³/mol. The molecule has 4 rings (SSSR count). The Bertz CT molecular complexity index is 1230. The number of amides is 1. The fourth-order valence-corrected chi connectivity index (χ4v) is 5.54. The minimum Gasteiger partial charge on any atom is -0.508 e. The van der Waals surface area contributed by atoms with Crippen LogP contribution in [-0.2, 0) is 14.4 Å². The highest BCUT2D eigenvalue weighted by Gasteiger charge is 2.68. The van der Waals surface area contributed by atoms with E-state index < -0.39 is 75.5 Å². The zero-order valence-corrected chi connectivity index (χ0v) is 18.3. The van der Waals surface area contributed by atoms with Gasteiger partial charge in [-0.25, -0.2) is 0 Å². The molecule has 11 heteroatoms. The third-order valence-electron chi connectivity index (χ3n) is 6.67. The van der Waals surface area contributed by atoms with Crippen LogP contribution in [0.3, 0.4) is 0 Å². The van der Waals surface area contributed by atoms with Crippen molar-refractivity contribution < 1.29 is 39.9 Å². The average molecular weight is 477 g/mol. The van der Waals surface area contributed by atoms with Crippen LogP contribution >= 0.6 is 11.6 Å². The van der Waals surface area contributed by atoms with Gasteiger partial charge in [0, 0.05) is 16.5 Å². The first-order valence-electron chi connectivity index (χ1n) is 9.81. The largest absolute Gasteiger partial charge is 0.508 e. The average Bonchev–Trinajstić information content (AvgIpc) is 2.72. The lowest BCUT2D eigenvalue weighted by molar-refractivity contribution is -0.166. The van der Waals surface area contributed by atoms with Gasteiger partial charge in [0.15, 0.2) is 11.4 Å². The van der Waals surface area contributed by atoms with Crippen LogP contribution in [0.15, 0.2) is 35.6 Å². The summed E-state index contributed by atoms with van der Waals surface area (Å²) in [7, 11) is 2.84. The Morgan fingerprint density at radius 2 is 1.79 bits per heavy atom. The Kier molecular flexibility index (Phi) is 4.99. The number of aliphatic hydroxyl groups is 4. The summed E-state index contributed by atoms with van der Waals surface area (Å²) >= 11 is 6.25. The van der Waals surface area contributed by atoms with Crippen LogP contribution in [0.4, 0.5) is 0 Å². The van der Waals surface area contributed by atoms with E-state index in [1.54, 1.807) is 0 Å². The van der Waals surface area contributed by atoms with Crippen molar-refractivity contribution in [1.82, 2.24) is 4.90 Å². The summed E-state index contributed by atoms with van der Waals surface area (Å²) in [6.45, 7) is 3.89. The number of fused-ring (bicyclic) bond motifs is 3. The molecule has 174 valence electrons. The van der Waals surface area contributed by atoms with Crippen LogP contribution in [0, 0.1) is 11.8 Å². The van der Waals surface area contributed by atoms with E-state index in [4.69, 9.17) is 17.3 Å². The van der Waals surface area contributed by atoms with Gasteiger partial charge in [-0.05, 0) is 31.8 Å². The molecule has 7 N–H and O–H groups in total. The van der Waals surface area contributed by atoms with Gasteiger partial charge in [0.2, 0.25) is 5.78 Å². The van der Waals surface area contributed by atoms with Gasteiger partial charge in [0.1, 0.15) is 22.8 Å². The van der Waals surface area contributed by atoms with Crippen molar-refractivity contribution in [3.63, 3.8) is 0 Å². The van der Waals surface area contributed by atoms with Gasteiger partial charge in [-0.2, -0.15) is 0 Å². The monoisotopic (exact) mass is 476 g/mol. The van der Waals surface area contributed by atoms with Crippen molar-refractivity contribution in [3.05, 3.63) is 51.8 Å². The second-order valence-corrected chi connectivity index (χ2v) is 8.96. The van der Waals surface area contributed by atoms with Gasteiger partial charge < -0.3 is 31.3 Å². The molecule has 1 fully saturated rings. The van der Waals surface area contributed by atoms with Crippen LogP contribution < -0.4 is 5.73 Å². The van der Waals surface area contributed by atoms with Gasteiger partial charge in [-0.3, -0.25) is 19.3 Å². The van der Waals surface area contributed by atoms with Crippen molar-refractivity contribution in [2.45, 2.75) is 17.7 Å². The summed E-state index contributed by atoms with van der Waals surface area (Å²) in [6, 6.07) is 1.08. The van der Waals surface area contributed by atoms with Gasteiger partial charge >= 0.3 is 0 Å². The van der Waals surface area contributed by atoms with Crippen molar-refractivity contribution in [3.8, 4) is 5.75 Å². The lowest BCUT2D eigenvalue weighted by atomic mass is 9.55. The Morgan fingerprint density at radius 1 is 1.18 bits per heavy atom. The standard InChI is InChI=1S/C22H21ClN2O8/c1-6-9-7(23)4-5-8(26)11(9)16(27)12-10(6)17(28)14-15(25(2)3)18(29)13(21(24)32)20(31)22(14,33)19(12)30/h4-5,10,14-15,17,26-28,31,33H,1H2,2-3H3,(H2,24,32)/t10-,14+,15+,17-,22-/m0/s1. The van der Waals surface area contributed by atoms with E-state index in [2.05, 4.69) is 6.58 Å². The quantitative estimate of drug-likeness (QED) is 0.321. The number of likely N-dealkylation sites (N-methyl/N-ethyl adjacent to an activating group) is 1. The van der Waals surface area contributed by atoms with E-state index in [1.807, 2.05) is 0 Å². The summed E-state index contributed by atoms with van der Waals surface area (Å²) in [5.74, 6) is -9.18. The van der Waals surface area contributed by atoms with E-state index in [9.17, 15) is 39.9 Å². The first kappa shape index (κ1) is 23.0. The number of phenolic OH excluding ortho intramolecular Hbond substituents is 1. The molecule has 0 heterocycles. The minimum atomic E-state index is -2.97.